The highest BCUT2D eigenvalue weighted by Gasteiger charge is 2.10. The Kier molecular flexibility index (Phi) is 3.67. The Bertz CT molecular complexity index is 502. The second-order valence-electron chi connectivity index (χ2n) is 4.69. The maximum atomic E-state index is 10.1. The van der Waals surface area contributed by atoms with E-state index in [0.29, 0.717) is 6.42 Å². The number of hydrogen-bond acceptors (Lipinski definition) is 3. The van der Waals surface area contributed by atoms with E-state index in [-0.39, 0.29) is 0 Å². The maximum Gasteiger partial charge on any atom is 0.0846 e. The summed E-state index contributed by atoms with van der Waals surface area (Å²) in [7, 11) is 5.88. The van der Waals surface area contributed by atoms with Crippen molar-refractivity contribution in [1.29, 1.82) is 0 Å². The number of anilines is 1. The van der Waals surface area contributed by atoms with Gasteiger partial charge in [0, 0.05) is 39.4 Å². The monoisotopic (exact) mass is 245 g/mol. The fourth-order valence-electron chi connectivity index (χ4n) is 1.88. The van der Waals surface area contributed by atoms with Crippen molar-refractivity contribution >= 4 is 5.69 Å². The lowest BCUT2D eigenvalue weighted by Gasteiger charge is -2.14. The molecular weight excluding hydrogens is 226 g/mol. The van der Waals surface area contributed by atoms with E-state index < -0.39 is 6.10 Å². The highest BCUT2D eigenvalue weighted by atomic mass is 16.3. The Morgan fingerprint density at radius 3 is 2.39 bits per heavy atom. The minimum atomic E-state index is -0.504. The molecule has 0 aliphatic rings. The van der Waals surface area contributed by atoms with E-state index in [0.717, 1.165) is 16.9 Å². The van der Waals surface area contributed by atoms with E-state index in [1.165, 1.54) is 0 Å². The molecule has 0 saturated heterocycles. The van der Waals surface area contributed by atoms with Gasteiger partial charge in [-0.25, -0.2) is 0 Å². The fourth-order valence-corrected chi connectivity index (χ4v) is 1.88. The van der Waals surface area contributed by atoms with Crippen LogP contribution in [0.2, 0.25) is 0 Å². The minimum absolute atomic E-state index is 0.504. The number of rotatable bonds is 4. The normalized spacial score (nSPS) is 12.4. The molecule has 0 spiro atoms. The van der Waals surface area contributed by atoms with Gasteiger partial charge in [0.2, 0.25) is 0 Å². The lowest BCUT2D eigenvalue weighted by molar-refractivity contribution is 0.177. The molecule has 1 unspecified atom stereocenters. The SMILES string of the molecule is CN(C)c1ccc(C(O)Cc2ccn(C)n2)cc1. The van der Waals surface area contributed by atoms with Crippen LogP contribution in [0, 0.1) is 0 Å². The van der Waals surface area contributed by atoms with Crippen LogP contribution in [0.5, 0.6) is 0 Å². The number of aliphatic hydroxyl groups excluding tert-OH is 1. The highest BCUT2D eigenvalue weighted by Crippen LogP contribution is 2.20. The Balaban J connectivity index is 2.06. The third kappa shape index (κ3) is 2.90. The van der Waals surface area contributed by atoms with Crippen molar-refractivity contribution < 1.29 is 5.11 Å². The molecule has 0 radical (unpaired) electrons. The minimum Gasteiger partial charge on any atom is -0.388 e. The lowest BCUT2D eigenvalue weighted by Crippen LogP contribution is -2.09. The van der Waals surface area contributed by atoms with E-state index in [2.05, 4.69) is 5.10 Å². The number of nitrogens with zero attached hydrogens (tertiary/aromatic N) is 3. The topological polar surface area (TPSA) is 41.3 Å². The summed E-state index contributed by atoms with van der Waals surface area (Å²) in [4.78, 5) is 2.04. The molecule has 2 rings (SSSR count). The summed E-state index contributed by atoms with van der Waals surface area (Å²) in [5.74, 6) is 0. The van der Waals surface area contributed by atoms with Crippen LogP contribution in [0.15, 0.2) is 36.5 Å². The van der Waals surface area contributed by atoms with Crippen LogP contribution >= 0.6 is 0 Å². The van der Waals surface area contributed by atoms with Crippen LogP contribution in [0.4, 0.5) is 5.69 Å². The van der Waals surface area contributed by atoms with Crippen molar-refractivity contribution in [2.45, 2.75) is 12.5 Å². The predicted octanol–water partition coefficient (Wildman–Crippen LogP) is 1.76. The van der Waals surface area contributed by atoms with Gasteiger partial charge >= 0.3 is 0 Å². The van der Waals surface area contributed by atoms with Crippen molar-refractivity contribution in [3.63, 3.8) is 0 Å². The molecule has 1 N–H and O–H groups in total. The molecule has 96 valence electrons. The molecule has 0 fully saturated rings. The summed E-state index contributed by atoms with van der Waals surface area (Å²) in [5.41, 5.74) is 2.96. The highest BCUT2D eigenvalue weighted by molar-refractivity contribution is 5.46. The first-order chi connectivity index (χ1) is 8.56. The average Bonchev–Trinajstić information content (AvgIpc) is 2.75. The van der Waals surface area contributed by atoms with Crippen molar-refractivity contribution in [3.05, 3.63) is 47.8 Å². The molecule has 2 aromatic rings. The number of benzene rings is 1. The number of aryl methyl sites for hydroxylation is 1. The molecule has 1 heterocycles. The van der Waals surface area contributed by atoms with Gasteiger partial charge in [-0.1, -0.05) is 12.1 Å². The van der Waals surface area contributed by atoms with Gasteiger partial charge in [-0.3, -0.25) is 4.68 Å². The molecule has 1 atom stereocenters. The molecule has 0 aliphatic heterocycles. The second-order valence-corrected chi connectivity index (χ2v) is 4.69. The van der Waals surface area contributed by atoms with Crippen LogP contribution < -0.4 is 4.90 Å². The molecule has 1 aromatic heterocycles. The van der Waals surface area contributed by atoms with Gasteiger partial charge < -0.3 is 10.0 Å². The van der Waals surface area contributed by atoms with Crippen LogP contribution in [0.25, 0.3) is 0 Å². The summed E-state index contributed by atoms with van der Waals surface area (Å²) in [6.07, 6.45) is 1.93. The van der Waals surface area contributed by atoms with E-state index in [1.54, 1.807) is 4.68 Å². The van der Waals surface area contributed by atoms with E-state index >= 15 is 0 Å². The van der Waals surface area contributed by atoms with Gasteiger partial charge in [-0.2, -0.15) is 5.10 Å². The molecule has 4 nitrogen and oxygen atoms in total. The predicted molar refractivity (Wildman–Crippen MR) is 72.6 cm³/mol. The Morgan fingerprint density at radius 1 is 1.22 bits per heavy atom. The van der Waals surface area contributed by atoms with Crippen molar-refractivity contribution in [2.75, 3.05) is 19.0 Å². The standard InChI is InChI=1S/C14H19N3O/c1-16(2)13-6-4-11(5-7-13)14(18)10-12-8-9-17(3)15-12/h4-9,14,18H,10H2,1-3H3. The average molecular weight is 245 g/mol. The maximum absolute atomic E-state index is 10.1. The van der Waals surface area contributed by atoms with Crippen LogP contribution in [-0.2, 0) is 13.5 Å². The van der Waals surface area contributed by atoms with Crippen LogP contribution in [0.1, 0.15) is 17.4 Å². The quantitative estimate of drug-likeness (QED) is 0.892. The Morgan fingerprint density at radius 2 is 1.89 bits per heavy atom. The number of aliphatic hydroxyl groups is 1. The smallest absolute Gasteiger partial charge is 0.0846 e. The van der Waals surface area contributed by atoms with Gasteiger partial charge in [0.1, 0.15) is 0 Å². The summed E-state index contributed by atoms with van der Waals surface area (Å²) in [6.45, 7) is 0. The molecule has 0 saturated carbocycles. The van der Waals surface area contributed by atoms with Crippen molar-refractivity contribution in [3.8, 4) is 0 Å². The molecular formula is C14H19N3O. The first kappa shape index (κ1) is 12.6. The second kappa shape index (κ2) is 5.23. The first-order valence-corrected chi connectivity index (χ1v) is 6.00. The zero-order valence-electron chi connectivity index (χ0n) is 11.0. The molecule has 0 aliphatic carbocycles. The largest absolute Gasteiger partial charge is 0.388 e. The van der Waals surface area contributed by atoms with Gasteiger partial charge in [-0.15, -0.1) is 0 Å². The fraction of sp³-hybridized carbons (Fsp3) is 0.357. The van der Waals surface area contributed by atoms with Gasteiger partial charge in [-0.05, 0) is 23.8 Å². The summed E-state index contributed by atoms with van der Waals surface area (Å²) >= 11 is 0. The van der Waals surface area contributed by atoms with Gasteiger partial charge in [0.05, 0.1) is 11.8 Å². The summed E-state index contributed by atoms with van der Waals surface area (Å²) in [6, 6.07) is 9.87. The lowest BCUT2D eigenvalue weighted by atomic mass is 10.0. The van der Waals surface area contributed by atoms with E-state index in [4.69, 9.17) is 0 Å². The third-order valence-corrected chi connectivity index (χ3v) is 2.97. The van der Waals surface area contributed by atoms with Crippen molar-refractivity contribution in [2.24, 2.45) is 7.05 Å². The van der Waals surface area contributed by atoms with Gasteiger partial charge in [0.25, 0.3) is 0 Å². The molecule has 4 heteroatoms. The first-order valence-electron chi connectivity index (χ1n) is 6.00. The van der Waals surface area contributed by atoms with Gasteiger partial charge in [0.15, 0.2) is 0 Å². The third-order valence-electron chi connectivity index (χ3n) is 2.97. The van der Waals surface area contributed by atoms with Crippen molar-refractivity contribution in [1.82, 2.24) is 9.78 Å². The zero-order valence-corrected chi connectivity index (χ0v) is 11.0. The zero-order chi connectivity index (χ0) is 13.1. The summed E-state index contributed by atoms with van der Waals surface area (Å²) in [5, 5.41) is 14.4. The van der Waals surface area contributed by atoms with E-state index in [1.807, 2.05) is 62.6 Å². The molecule has 0 bridgehead atoms. The summed E-state index contributed by atoms with van der Waals surface area (Å²) < 4.78 is 1.75. The van der Waals surface area contributed by atoms with Crippen LogP contribution in [-0.4, -0.2) is 29.0 Å². The number of aromatic nitrogens is 2. The Hall–Kier alpha value is -1.81. The molecule has 1 aromatic carbocycles. The molecule has 18 heavy (non-hydrogen) atoms. The Labute approximate surface area is 107 Å². The number of hydrogen-bond donors (Lipinski definition) is 1. The van der Waals surface area contributed by atoms with E-state index in [9.17, 15) is 5.11 Å². The van der Waals surface area contributed by atoms with Crippen LogP contribution in [0.3, 0.4) is 0 Å². The molecule has 0 amide bonds.